The molecule has 1 aromatic rings. The molecule has 0 bridgehead atoms. The highest BCUT2D eigenvalue weighted by Gasteiger charge is 2.01. The van der Waals surface area contributed by atoms with E-state index >= 15 is 0 Å². The molecule has 9 nitrogen and oxygen atoms in total. The fraction of sp³-hybridized carbons (Fsp3) is 0.682. The predicted molar refractivity (Wildman–Crippen MR) is 120 cm³/mol. The molecule has 1 aromatic carbocycles. The van der Waals surface area contributed by atoms with Crippen LogP contribution in [0.2, 0.25) is 0 Å². The second kappa shape index (κ2) is 22.7. The van der Waals surface area contributed by atoms with Crippen molar-refractivity contribution in [1.82, 2.24) is 5.32 Å². The fourth-order valence-electron chi connectivity index (χ4n) is 2.26. The minimum Gasteiger partial charge on any atom is -0.445 e. The Morgan fingerprint density at radius 3 is 1.56 bits per heavy atom. The number of hydrogen-bond donors (Lipinski definition) is 1. The number of carbonyl (C=O) groups excluding carboxylic acids is 1. The number of amides is 1. The van der Waals surface area contributed by atoms with Crippen molar-refractivity contribution in [3.05, 3.63) is 35.9 Å². The minimum absolute atomic E-state index is 0.246. The Balaban J connectivity index is 1.71. The van der Waals surface area contributed by atoms with Crippen molar-refractivity contribution in [2.45, 2.75) is 6.61 Å². The molecule has 184 valence electrons. The zero-order valence-electron chi connectivity index (χ0n) is 18.6. The molecule has 32 heavy (non-hydrogen) atoms. The predicted octanol–water partition coefficient (Wildman–Crippen LogP) is 2.25. The van der Waals surface area contributed by atoms with Crippen molar-refractivity contribution < 1.29 is 38.0 Å². The lowest BCUT2D eigenvalue weighted by Gasteiger charge is -2.09. The Bertz CT molecular complexity index is 538. The molecule has 0 unspecified atom stereocenters. The van der Waals surface area contributed by atoms with Crippen LogP contribution in [0.1, 0.15) is 5.56 Å². The van der Waals surface area contributed by atoms with E-state index < -0.39 is 6.09 Å². The van der Waals surface area contributed by atoms with Gasteiger partial charge in [-0.15, -0.1) is 11.6 Å². The fourth-order valence-corrected chi connectivity index (χ4v) is 2.36. The van der Waals surface area contributed by atoms with E-state index in [0.717, 1.165) is 5.56 Å². The van der Waals surface area contributed by atoms with Gasteiger partial charge in [0, 0.05) is 12.4 Å². The summed E-state index contributed by atoms with van der Waals surface area (Å²) in [5.41, 5.74) is 0.943. The first-order chi connectivity index (χ1) is 15.8. The van der Waals surface area contributed by atoms with Gasteiger partial charge in [0.2, 0.25) is 0 Å². The highest BCUT2D eigenvalue weighted by atomic mass is 35.5. The molecule has 0 spiro atoms. The average Bonchev–Trinajstić information content (AvgIpc) is 2.82. The molecule has 0 heterocycles. The summed E-state index contributed by atoms with van der Waals surface area (Å²) in [7, 11) is 0. The summed E-state index contributed by atoms with van der Waals surface area (Å²) in [6.45, 7) is 6.58. The van der Waals surface area contributed by atoms with Gasteiger partial charge >= 0.3 is 6.09 Å². The van der Waals surface area contributed by atoms with Crippen LogP contribution in [0.5, 0.6) is 0 Å². The first-order valence-corrected chi connectivity index (χ1v) is 11.3. The van der Waals surface area contributed by atoms with E-state index in [-0.39, 0.29) is 6.61 Å². The van der Waals surface area contributed by atoms with Crippen LogP contribution < -0.4 is 5.32 Å². The van der Waals surface area contributed by atoms with Gasteiger partial charge < -0.3 is 38.5 Å². The van der Waals surface area contributed by atoms with Crippen LogP contribution >= 0.6 is 11.6 Å². The van der Waals surface area contributed by atoms with Crippen molar-refractivity contribution in [1.29, 1.82) is 0 Å². The summed E-state index contributed by atoms with van der Waals surface area (Å²) in [5, 5.41) is 2.63. The number of rotatable bonds is 22. The Kier molecular flexibility index (Phi) is 20.3. The van der Waals surface area contributed by atoms with Crippen LogP contribution in [0.15, 0.2) is 30.3 Å². The van der Waals surface area contributed by atoms with Crippen LogP contribution in [0, 0.1) is 0 Å². The molecule has 0 saturated carbocycles. The zero-order chi connectivity index (χ0) is 23.0. The lowest BCUT2D eigenvalue weighted by molar-refractivity contribution is -0.0159. The molecule has 0 atom stereocenters. The third-order valence-electron chi connectivity index (χ3n) is 3.81. The first-order valence-electron chi connectivity index (χ1n) is 10.8. The third-order valence-corrected chi connectivity index (χ3v) is 3.96. The lowest BCUT2D eigenvalue weighted by Crippen LogP contribution is -2.28. The Labute approximate surface area is 195 Å². The molecule has 0 aliphatic rings. The molecule has 0 aliphatic heterocycles. The van der Waals surface area contributed by atoms with Crippen LogP contribution in [0.3, 0.4) is 0 Å². The van der Waals surface area contributed by atoms with Gasteiger partial charge in [0.15, 0.2) is 0 Å². The van der Waals surface area contributed by atoms with Crippen molar-refractivity contribution >= 4 is 17.7 Å². The standard InChI is InChI=1S/C22H36ClNO8/c23-6-8-26-10-12-28-14-16-30-18-19-31-17-15-29-13-11-27-9-7-24-22(25)32-20-21-4-2-1-3-5-21/h1-5H,6-20H2,(H,24,25). The Morgan fingerprint density at radius 2 is 1.09 bits per heavy atom. The number of alkyl halides is 1. The maximum atomic E-state index is 11.6. The number of ether oxygens (including phenoxy) is 7. The number of nitrogens with one attached hydrogen (secondary N) is 1. The molecule has 10 heteroatoms. The summed E-state index contributed by atoms with van der Waals surface area (Å²) >= 11 is 5.49. The van der Waals surface area contributed by atoms with E-state index in [2.05, 4.69) is 5.32 Å². The van der Waals surface area contributed by atoms with Gasteiger partial charge in [-0.2, -0.15) is 0 Å². The van der Waals surface area contributed by atoms with Gasteiger partial charge in [-0.3, -0.25) is 0 Å². The molecular weight excluding hydrogens is 442 g/mol. The Morgan fingerprint density at radius 1 is 0.656 bits per heavy atom. The smallest absolute Gasteiger partial charge is 0.407 e. The van der Waals surface area contributed by atoms with Crippen LogP contribution in [-0.2, 0) is 39.8 Å². The van der Waals surface area contributed by atoms with Crippen molar-refractivity contribution in [3.8, 4) is 0 Å². The van der Waals surface area contributed by atoms with Crippen molar-refractivity contribution in [3.63, 3.8) is 0 Å². The molecule has 0 fully saturated rings. The number of halogens is 1. The van der Waals surface area contributed by atoms with Crippen molar-refractivity contribution in [2.75, 3.05) is 91.7 Å². The molecule has 1 N–H and O–H groups in total. The number of hydrogen-bond acceptors (Lipinski definition) is 8. The van der Waals surface area contributed by atoms with E-state index in [1.807, 2.05) is 30.3 Å². The summed E-state index contributed by atoms with van der Waals surface area (Å²) in [5.74, 6) is 0.495. The van der Waals surface area contributed by atoms with E-state index in [1.54, 1.807) is 0 Å². The maximum Gasteiger partial charge on any atom is 0.407 e. The monoisotopic (exact) mass is 477 g/mol. The molecular formula is C22H36ClNO8. The normalized spacial score (nSPS) is 10.9. The maximum absolute atomic E-state index is 11.6. The lowest BCUT2D eigenvalue weighted by atomic mass is 10.2. The van der Waals surface area contributed by atoms with E-state index in [1.165, 1.54) is 0 Å². The van der Waals surface area contributed by atoms with E-state index in [9.17, 15) is 4.79 Å². The average molecular weight is 478 g/mol. The molecule has 0 saturated heterocycles. The number of carbonyl (C=O) groups is 1. The highest BCUT2D eigenvalue weighted by molar-refractivity contribution is 6.17. The minimum atomic E-state index is -0.463. The van der Waals surface area contributed by atoms with Gasteiger partial charge in [0.1, 0.15) is 6.61 Å². The highest BCUT2D eigenvalue weighted by Crippen LogP contribution is 2.00. The van der Waals surface area contributed by atoms with Gasteiger partial charge in [-0.05, 0) is 5.56 Å². The summed E-state index contributed by atoms with van der Waals surface area (Å²) in [6.07, 6.45) is -0.463. The summed E-state index contributed by atoms with van der Waals surface area (Å²) in [6, 6.07) is 9.51. The second-order valence-corrected chi connectivity index (χ2v) is 6.73. The quantitative estimate of drug-likeness (QED) is 0.201. The largest absolute Gasteiger partial charge is 0.445 e. The summed E-state index contributed by atoms with van der Waals surface area (Å²) < 4.78 is 37.2. The third kappa shape index (κ3) is 19.2. The SMILES string of the molecule is O=C(NCCOCCOCCOCCOCCOCCOCCCl)OCc1ccccc1. The molecule has 1 amide bonds. The van der Waals surface area contributed by atoms with E-state index in [4.69, 9.17) is 44.8 Å². The van der Waals surface area contributed by atoms with Crippen molar-refractivity contribution in [2.24, 2.45) is 0 Å². The van der Waals surface area contributed by atoms with Crippen LogP contribution in [0.25, 0.3) is 0 Å². The van der Waals surface area contributed by atoms with Gasteiger partial charge in [-0.25, -0.2) is 4.79 Å². The zero-order valence-corrected chi connectivity index (χ0v) is 19.4. The topological polar surface area (TPSA) is 93.7 Å². The number of benzene rings is 1. The van der Waals surface area contributed by atoms with Crippen LogP contribution in [-0.4, -0.2) is 97.8 Å². The molecule has 0 aromatic heterocycles. The van der Waals surface area contributed by atoms with Gasteiger partial charge in [0.25, 0.3) is 0 Å². The van der Waals surface area contributed by atoms with E-state index in [0.29, 0.717) is 91.7 Å². The molecule has 0 radical (unpaired) electrons. The van der Waals surface area contributed by atoms with Gasteiger partial charge in [-0.1, -0.05) is 30.3 Å². The number of alkyl carbamates (subject to hydrolysis) is 1. The summed E-state index contributed by atoms with van der Waals surface area (Å²) in [4.78, 5) is 11.6. The van der Waals surface area contributed by atoms with Crippen LogP contribution in [0.4, 0.5) is 4.79 Å². The molecule has 0 aliphatic carbocycles. The second-order valence-electron chi connectivity index (χ2n) is 6.35. The first kappa shape index (κ1) is 28.6. The Hall–Kier alpha value is -1.46. The van der Waals surface area contributed by atoms with Gasteiger partial charge in [0.05, 0.1) is 79.3 Å². The molecule has 1 rings (SSSR count).